The van der Waals surface area contributed by atoms with E-state index in [9.17, 15) is 0 Å². The van der Waals surface area contributed by atoms with Crippen molar-refractivity contribution in [1.29, 1.82) is 0 Å². The zero-order valence-corrected chi connectivity index (χ0v) is 12.9. The Morgan fingerprint density at radius 2 is 1.94 bits per heavy atom. The summed E-state index contributed by atoms with van der Waals surface area (Å²) in [5.74, 6) is 0. The van der Waals surface area contributed by atoms with E-state index in [1.54, 1.807) is 0 Å². The van der Waals surface area contributed by atoms with Crippen molar-refractivity contribution in [3.8, 4) is 0 Å². The molecule has 4 heteroatoms. The van der Waals surface area contributed by atoms with Gasteiger partial charge < -0.3 is 5.32 Å². The van der Waals surface area contributed by atoms with Crippen LogP contribution in [0, 0.1) is 0 Å². The zero-order chi connectivity index (χ0) is 13.0. The largest absolute Gasteiger partial charge is 0.310 e. The standard InChI is InChI=1S/C14H19Cl2NS/c1-18-13-5-3-12(4-6-13)17-9-10-8-11(15)2-7-14(10)16/h2,7-8,12-13,17H,3-6,9H2,1H3. The Morgan fingerprint density at radius 3 is 2.61 bits per heavy atom. The number of benzene rings is 1. The number of nitrogens with one attached hydrogen (secondary N) is 1. The molecular weight excluding hydrogens is 285 g/mol. The third-order valence-corrected chi connectivity index (χ3v) is 5.34. The van der Waals surface area contributed by atoms with Crippen LogP contribution in [0.15, 0.2) is 18.2 Å². The van der Waals surface area contributed by atoms with Gasteiger partial charge in [-0.3, -0.25) is 0 Å². The quantitative estimate of drug-likeness (QED) is 0.861. The van der Waals surface area contributed by atoms with E-state index in [1.165, 1.54) is 25.7 Å². The molecule has 1 saturated carbocycles. The van der Waals surface area contributed by atoms with Crippen LogP contribution < -0.4 is 5.32 Å². The lowest BCUT2D eigenvalue weighted by atomic mass is 9.95. The Hall–Kier alpha value is 0.110. The van der Waals surface area contributed by atoms with Crippen molar-refractivity contribution in [2.75, 3.05) is 6.26 Å². The molecule has 0 unspecified atom stereocenters. The smallest absolute Gasteiger partial charge is 0.0451 e. The average Bonchev–Trinajstić information content (AvgIpc) is 2.40. The number of hydrogen-bond donors (Lipinski definition) is 1. The Labute approximate surface area is 124 Å². The van der Waals surface area contributed by atoms with Crippen molar-refractivity contribution in [1.82, 2.24) is 5.32 Å². The van der Waals surface area contributed by atoms with Crippen LogP contribution >= 0.6 is 35.0 Å². The van der Waals surface area contributed by atoms with Gasteiger partial charge in [0, 0.05) is 27.9 Å². The van der Waals surface area contributed by atoms with Crippen LogP contribution in [0.5, 0.6) is 0 Å². The maximum atomic E-state index is 6.16. The fraction of sp³-hybridized carbons (Fsp3) is 0.571. The van der Waals surface area contributed by atoms with Crippen molar-refractivity contribution in [2.45, 2.75) is 43.5 Å². The molecule has 0 radical (unpaired) electrons. The second-order valence-electron chi connectivity index (χ2n) is 4.83. The van der Waals surface area contributed by atoms with Gasteiger partial charge in [-0.25, -0.2) is 0 Å². The topological polar surface area (TPSA) is 12.0 Å². The summed E-state index contributed by atoms with van der Waals surface area (Å²) in [7, 11) is 0. The minimum Gasteiger partial charge on any atom is -0.310 e. The van der Waals surface area contributed by atoms with E-state index in [1.807, 2.05) is 30.0 Å². The zero-order valence-electron chi connectivity index (χ0n) is 10.6. The molecule has 0 bridgehead atoms. The maximum absolute atomic E-state index is 6.16. The number of rotatable bonds is 4. The SMILES string of the molecule is CSC1CCC(NCc2cc(Cl)ccc2Cl)CC1. The molecule has 1 aliphatic carbocycles. The lowest BCUT2D eigenvalue weighted by Gasteiger charge is -2.28. The lowest BCUT2D eigenvalue weighted by Crippen LogP contribution is -2.33. The number of hydrogen-bond acceptors (Lipinski definition) is 2. The highest BCUT2D eigenvalue weighted by atomic mass is 35.5. The molecule has 18 heavy (non-hydrogen) atoms. The van der Waals surface area contributed by atoms with E-state index in [4.69, 9.17) is 23.2 Å². The van der Waals surface area contributed by atoms with Gasteiger partial charge in [0.2, 0.25) is 0 Å². The van der Waals surface area contributed by atoms with Crippen LogP contribution in [0.25, 0.3) is 0 Å². The lowest BCUT2D eigenvalue weighted by molar-refractivity contribution is 0.379. The van der Waals surface area contributed by atoms with Gasteiger partial charge in [0.15, 0.2) is 0 Å². The molecule has 1 N–H and O–H groups in total. The summed E-state index contributed by atoms with van der Waals surface area (Å²) in [6.07, 6.45) is 7.39. The Kier molecular flexibility index (Phi) is 5.68. The Morgan fingerprint density at radius 1 is 1.22 bits per heavy atom. The number of halogens is 2. The van der Waals surface area contributed by atoms with Crippen LogP contribution in [-0.2, 0) is 6.54 Å². The highest BCUT2D eigenvalue weighted by molar-refractivity contribution is 7.99. The minimum absolute atomic E-state index is 0.628. The van der Waals surface area contributed by atoms with Crippen LogP contribution in [0.1, 0.15) is 31.2 Å². The fourth-order valence-corrected chi connectivity index (χ4v) is 3.56. The van der Waals surface area contributed by atoms with Gasteiger partial charge in [0.05, 0.1) is 0 Å². The predicted molar refractivity (Wildman–Crippen MR) is 82.9 cm³/mol. The molecule has 0 aliphatic heterocycles. The van der Waals surface area contributed by atoms with E-state index in [-0.39, 0.29) is 0 Å². The van der Waals surface area contributed by atoms with E-state index in [0.717, 1.165) is 27.4 Å². The highest BCUT2D eigenvalue weighted by Crippen LogP contribution is 2.27. The van der Waals surface area contributed by atoms with Crippen molar-refractivity contribution >= 4 is 35.0 Å². The minimum atomic E-state index is 0.628. The first-order valence-corrected chi connectivity index (χ1v) is 8.43. The van der Waals surface area contributed by atoms with Gasteiger partial charge in [-0.2, -0.15) is 11.8 Å². The molecule has 1 nitrogen and oxygen atoms in total. The molecule has 1 aromatic carbocycles. The summed E-state index contributed by atoms with van der Waals surface area (Å²) in [4.78, 5) is 0. The molecular formula is C14H19Cl2NS. The Balaban J connectivity index is 1.83. The average molecular weight is 304 g/mol. The van der Waals surface area contributed by atoms with Gasteiger partial charge >= 0.3 is 0 Å². The fourth-order valence-electron chi connectivity index (χ4n) is 2.44. The van der Waals surface area contributed by atoms with Crippen molar-refractivity contribution in [2.24, 2.45) is 0 Å². The van der Waals surface area contributed by atoms with Gasteiger partial charge in [-0.05, 0) is 55.7 Å². The molecule has 2 rings (SSSR count). The van der Waals surface area contributed by atoms with Crippen molar-refractivity contribution in [3.05, 3.63) is 33.8 Å². The monoisotopic (exact) mass is 303 g/mol. The summed E-state index contributed by atoms with van der Waals surface area (Å²) in [5, 5.41) is 6.01. The van der Waals surface area contributed by atoms with Crippen LogP contribution in [-0.4, -0.2) is 17.5 Å². The molecule has 0 spiro atoms. The summed E-state index contributed by atoms with van der Waals surface area (Å²) in [5.41, 5.74) is 1.09. The molecule has 0 heterocycles. The van der Waals surface area contributed by atoms with Gasteiger partial charge in [0.1, 0.15) is 0 Å². The maximum Gasteiger partial charge on any atom is 0.0451 e. The number of thioether (sulfide) groups is 1. The van der Waals surface area contributed by atoms with Gasteiger partial charge in [-0.15, -0.1) is 0 Å². The second-order valence-corrected chi connectivity index (χ2v) is 6.81. The first kappa shape index (κ1) is 14.5. The molecule has 100 valence electrons. The summed E-state index contributed by atoms with van der Waals surface area (Å²) in [6.45, 7) is 0.813. The summed E-state index contributed by atoms with van der Waals surface area (Å²) >= 11 is 14.1. The van der Waals surface area contributed by atoms with E-state index < -0.39 is 0 Å². The highest BCUT2D eigenvalue weighted by Gasteiger charge is 2.19. The summed E-state index contributed by atoms with van der Waals surface area (Å²) in [6, 6.07) is 6.27. The van der Waals surface area contributed by atoms with E-state index in [2.05, 4.69) is 11.6 Å². The molecule has 0 aromatic heterocycles. The third kappa shape index (κ3) is 4.06. The van der Waals surface area contributed by atoms with Crippen LogP contribution in [0.4, 0.5) is 0 Å². The predicted octanol–water partition coefficient (Wildman–Crippen LogP) is 4.76. The van der Waals surface area contributed by atoms with E-state index >= 15 is 0 Å². The molecule has 0 saturated heterocycles. The molecule has 1 fully saturated rings. The summed E-state index contributed by atoms with van der Waals surface area (Å²) < 4.78 is 0. The van der Waals surface area contributed by atoms with Crippen LogP contribution in [0.3, 0.4) is 0 Å². The molecule has 1 aliphatic rings. The normalized spacial score (nSPS) is 24.2. The van der Waals surface area contributed by atoms with Gasteiger partial charge in [0.25, 0.3) is 0 Å². The Bertz CT molecular complexity index is 389. The molecule has 0 amide bonds. The first-order valence-electron chi connectivity index (χ1n) is 6.39. The van der Waals surface area contributed by atoms with Crippen molar-refractivity contribution in [3.63, 3.8) is 0 Å². The van der Waals surface area contributed by atoms with Crippen molar-refractivity contribution < 1.29 is 0 Å². The van der Waals surface area contributed by atoms with Gasteiger partial charge in [-0.1, -0.05) is 23.2 Å². The van der Waals surface area contributed by atoms with Crippen LogP contribution in [0.2, 0.25) is 10.0 Å². The molecule has 1 aromatic rings. The third-order valence-electron chi connectivity index (χ3n) is 3.60. The van der Waals surface area contributed by atoms with E-state index in [0.29, 0.717) is 6.04 Å². The molecule has 0 atom stereocenters. The second kappa shape index (κ2) is 7.04. The first-order chi connectivity index (χ1) is 8.69.